The van der Waals surface area contributed by atoms with Gasteiger partial charge in [-0.1, -0.05) is 41.4 Å². The highest BCUT2D eigenvalue weighted by Crippen LogP contribution is 2.34. The van der Waals surface area contributed by atoms with E-state index in [1.807, 2.05) is 18.2 Å². The Labute approximate surface area is 159 Å². The van der Waals surface area contributed by atoms with Crippen molar-refractivity contribution in [3.05, 3.63) is 88.2 Å². The van der Waals surface area contributed by atoms with Gasteiger partial charge in [-0.15, -0.1) is 0 Å². The number of aromatic nitrogens is 1. The fraction of sp³-hybridized carbons (Fsp3) is 0.273. The Hall–Kier alpha value is -2.23. The highest BCUT2D eigenvalue weighted by Gasteiger charge is 2.27. The molecule has 1 aliphatic heterocycles. The number of nitrogens with zero attached hydrogens (tertiary/aromatic N) is 2. The number of rotatable bonds is 3. The molecule has 26 heavy (non-hydrogen) atoms. The number of phenols is 1. The van der Waals surface area contributed by atoms with E-state index >= 15 is 0 Å². The summed E-state index contributed by atoms with van der Waals surface area (Å²) in [5.41, 5.74) is 4.66. The summed E-state index contributed by atoms with van der Waals surface area (Å²) >= 11 is 6.11. The Bertz CT molecular complexity index is 901. The molecule has 0 aliphatic carbocycles. The van der Waals surface area contributed by atoms with Gasteiger partial charge in [-0.25, -0.2) is 0 Å². The van der Waals surface area contributed by atoms with Crippen LogP contribution in [0.2, 0.25) is 5.02 Å². The number of fused-ring (bicyclic) bond motifs is 1. The Balaban J connectivity index is 1.75. The number of halogens is 1. The van der Waals surface area contributed by atoms with Gasteiger partial charge in [-0.2, -0.15) is 0 Å². The van der Waals surface area contributed by atoms with E-state index < -0.39 is 0 Å². The van der Waals surface area contributed by atoms with Crippen molar-refractivity contribution in [2.24, 2.45) is 0 Å². The maximum absolute atomic E-state index is 10.3. The first kappa shape index (κ1) is 17.2. The second kappa shape index (κ2) is 7.18. The SMILES string of the molecule is Cc1ccc(O)c(CN2CCCn3cccc3[C@@H]2c2ccc(Cl)cc2)c1. The predicted molar refractivity (Wildman–Crippen MR) is 106 cm³/mol. The summed E-state index contributed by atoms with van der Waals surface area (Å²) < 4.78 is 2.34. The minimum absolute atomic E-state index is 0.143. The van der Waals surface area contributed by atoms with Crippen molar-refractivity contribution in [2.75, 3.05) is 6.54 Å². The number of aromatic hydroxyl groups is 1. The van der Waals surface area contributed by atoms with Crippen LogP contribution < -0.4 is 0 Å². The summed E-state index contributed by atoms with van der Waals surface area (Å²) in [6.07, 6.45) is 3.24. The molecule has 4 heteroatoms. The minimum atomic E-state index is 0.143. The van der Waals surface area contributed by atoms with Crippen LogP contribution in [0.15, 0.2) is 60.8 Å². The third kappa shape index (κ3) is 3.37. The predicted octanol–water partition coefficient (Wildman–Crippen LogP) is 5.15. The fourth-order valence-electron chi connectivity index (χ4n) is 3.90. The van der Waals surface area contributed by atoms with Crippen LogP contribution >= 0.6 is 11.6 Å². The van der Waals surface area contributed by atoms with Crippen molar-refractivity contribution in [2.45, 2.75) is 32.5 Å². The minimum Gasteiger partial charge on any atom is -0.508 e. The lowest BCUT2D eigenvalue weighted by Gasteiger charge is -2.31. The summed E-state index contributed by atoms with van der Waals surface area (Å²) in [6.45, 7) is 4.77. The van der Waals surface area contributed by atoms with Crippen LogP contribution in [0.25, 0.3) is 0 Å². The lowest BCUT2D eigenvalue weighted by atomic mass is 10.0. The molecule has 0 saturated carbocycles. The summed E-state index contributed by atoms with van der Waals surface area (Å²) in [5, 5.41) is 11.1. The second-order valence-electron chi connectivity index (χ2n) is 7.04. The van der Waals surface area contributed by atoms with Crippen molar-refractivity contribution in [1.82, 2.24) is 9.47 Å². The normalized spacial score (nSPS) is 17.7. The second-order valence-corrected chi connectivity index (χ2v) is 7.47. The molecule has 0 spiro atoms. The average molecular weight is 367 g/mol. The lowest BCUT2D eigenvalue weighted by molar-refractivity contribution is 0.217. The van der Waals surface area contributed by atoms with Crippen molar-refractivity contribution in [3.8, 4) is 5.75 Å². The molecule has 3 nitrogen and oxygen atoms in total. The van der Waals surface area contributed by atoms with Gasteiger partial charge in [0, 0.05) is 42.1 Å². The maximum atomic E-state index is 10.3. The number of aryl methyl sites for hydroxylation is 2. The van der Waals surface area contributed by atoms with Gasteiger partial charge in [0.25, 0.3) is 0 Å². The molecule has 1 atom stereocenters. The van der Waals surface area contributed by atoms with Crippen LogP contribution in [0, 0.1) is 6.92 Å². The highest BCUT2D eigenvalue weighted by molar-refractivity contribution is 6.30. The van der Waals surface area contributed by atoms with Crippen LogP contribution in [0.5, 0.6) is 5.75 Å². The van der Waals surface area contributed by atoms with Gasteiger partial charge in [0.2, 0.25) is 0 Å². The zero-order valence-electron chi connectivity index (χ0n) is 14.9. The zero-order valence-corrected chi connectivity index (χ0v) is 15.7. The van der Waals surface area contributed by atoms with E-state index in [0.717, 1.165) is 30.1 Å². The van der Waals surface area contributed by atoms with Crippen molar-refractivity contribution >= 4 is 11.6 Å². The standard InChI is InChI=1S/C22H23ClN2O/c1-16-5-10-21(26)18(14-16)15-25-13-3-12-24-11-2-4-20(24)22(25)17-6-8-19(23)9-7-17/h2,4-11,14,22,26H,3,12-13,15H2,1H3/t22-/m0/s1. The van der Waals surface area contributed by atoms with Gasteiger partial charge in [0.05, 0.1) is 6.04 Å². The van der Waals surface area contributed by atoms with Gasteiger partial charge < -0.3 is 9.67 Å². The third-order valence-electron chi connectivity index (χ3n) is 5.15. The molecule has 134 valence electrons. The number of benzene rings is 2. The van der Waals surface area contributed by atoms with Gasteiger partial charge in [-0.05, 0) is 49.2 Å². The van der Waals surface area contributed by atoms with E-state index in [2.05, 4.69) is 52.9 Å². The van der Waals surface area contributed by atoms with Crippen LogP contribution in [-0.4, -0.2) is 21.1 Å². The summed E-state index contributed by atoms with van der Waals surface area (Å²) in [5.74, 6) is 0.366. The topological polar surface area (TPSA) is 28.4 Å². The number of phenolic OH excluding ortho intramolecular Hbond substituents is 1. The van der Waals surface area contributed by atoms with Gasteiger partial charge in [0.15, 0.2) is 0 Å². The molecule has 1 N–H and O–H groups in total. The molecule has 4 rings (SSSR count). The van der Waals surface area contributed by atoms with Crippen LogP contribution in [0.3, 0.4) is 0 Å². The van der Waals surface area contributed by atoms with Crippen molar-refractivity contribution in [1.29, 1.82) is 0 Å². The Kier molecular flexibility index (Phi) is 4.75. The number of hydrogen-bond acceptors (Lipinski definition) is 2. The molecule has 0 amide bonds. The van der Waals surface area contributed by atoms with E-state index in [0.29, 0.717) is 12.3 Å². The van der Waals surface area contributed by atoms with Crippen molar-refractivity contribution in [3.63, 3.8) is 0 Å². The first-order valence-corrected chi connectivity index (χ1v) is 9.42. The first-order valence-electron chi connectivity index (χ1n) is 9.05. The molecule has 2 heterocycles. The Morgan fingerprint density at radius 1 is 1.08 bits per heavy atom. The molecule has 2 aromatic carbocycles. The largest absolute Gasteiger partial charge is 0.508 e. The average Bonchev–Trinajstić information content (AvgIpc) is 3.01. The van der Waals surface area contributed by atoms with Gasteiger partial charge >= 0.3 is 0 Å². The smallest absolute Gasteiger partial charge is 0.120 e. The van der Waals surface area contributed by atoms with Crippen LogP contribution in [-0.2, 0) is 13.1 Å². The highest BCUT2D eigenvalue weighted by atomic mass is 35.5. The molecular weight excluding hydrogens is 344 g/mol. The quantitative estimate of drug-likeness (QED) is 0.694. The molecular formula is C22H23ClN2O. The zero-order chi connectivity index (χ0) is 18.1. The molecule has 1 aliphatic rings. The molecule has 0 bridgehead atoms. The first-order chi connectivity index (χ1) is 12.6. The van der Waals surface area contributed by atoms with E-state index in [9.17, 15) is 5.11 Å². The molecule has 1 aromatic heterocycles. The fourth-order valence-corrected chi connectivity index (χ4v) is 4.02. The van der Waals surface area contributed by atoms with Gasteiger partial charge in [0.1, 0.15) is 5.75 Å². The van der Waals surface area contributed by atoms with Crippen molar-refractivity contribution < 1.29 is 5.11 Å². The lowest BCUT2D eigenvalue weighted by Crippen LogP contribution is -2.29. The van der Waals surface area contributed by atoms with E-state index in [1.165, 1.54) is 16.8 Å². The monoisotopic (exact) mass is 366 g/mol. The van der Waals surface area contributed by atoms with E-state index in [1.54, 1.807) is 6.07 Å². The molecule has 0 unspecified atom stereocenters. The van der Waals surface area contributed by atoms with E-state index in [4.69, 9.17) is 11.6 Å². The Morgan fingerprint density at radius 3 is 2.69 bits per heavy atom. The maximum Gasteiger partial charge on any atom is 0.120 e. The van der Waals surface area contributed by atoms with E-state index in [-0.39, 0.29) is 6.04 Å². The molecule has 3 aromatic rings. The molecule has 0 radical (unpaired) electrons. The molecule has 0 fully saturated rings. The third-order valence-corrected chi connectivity index (χ3v) is 5.40. The summed E-state index contributed by atoms with van der Waals surface area (Å²) in [6, 6.07) is 18.4. The number of hydrogen-bond donors (Lipinski definition) is 1. The van der Waals surface area contributed by atoms with Crippen LogP contribution in [0.4, 0.5) is 0 Å². The summed E-state index contributed by atoms with van der Waals surface area (Å²) in [7, 11) is 0. The van der Waals surface area contributed by atoms with Gasteiger partial charge in [-0.3, -0.25) is 4.90 Å². The van der Waals surface area contributed by atoms with Crippen LogP contribution in [0.1, 0.15) is 34.8 Å². The Morgan fingerprint density at radius 2 is 1.88 bits per heavy atom. The summed E-state index contributed by atoms with van der Waals surface area (Å²) in [4.78, 5) is 2.45. The molecule has 0 saturated heterocycles.